The van der Waals surface area contributed by atoms with Crippen molar-refractivity contribution >= 4 is 17.7 Å². The molecule has 10 heteroatoms. The summed E-state index contributed by atoms with van der Waals surface area (Å²) in [4.78, 5) is 34.8. The molecule has 114 valence electrons. The first-order valence-electron chi connectivity index (χ1n) is 6.16. The minimum absolute atomic E-state index is 0.0921. The number of hydrogen-bond acceptors (Lipinski definition) is 7. The van der Waals surface area contributed by atoms with E-state index in [1.54, 1.807) is 0 Å². The monoisotopic (exact) mass is 298 g/mol. The molecule has 0 N–H and O–H groups in total. The highest BCUT2D eigenvalue weighted by atomic mass is 16.6. The fourth-order valence-electron chi connectivity index (χ4n) is 1.92. The maximum absolute atomic E-state index is 12.1. The Morgan fingerprint density at radius 2 is 2.38 bits per heavy atom. The van der Waals surface area contributed by atoms with E-state index in [2.05, 4.69) is 9.84 Å². The van der Waals surface area contributed by atoms with Gasteiger partial charge in [0.2, 0.25) is 5.91 Å². The van der Waals surface area contributed by atoms with Crippen molar-refractivity contribution in [3.05, 3.63) is 22.4 Å². The molecule has 0 aromatic carbocycles. The van der Waals surface area contributed by atoms with Crippen LogP contribution in [-0.4, -0.2) is 64.4 Å². The molecule has 0 radical (unpaired) electrons. The van der Waals surface area contributed by atoms with Crippen molar-refractivity contribution in [1.29, 1.82) is 0 Å². The Balaban J connectivity index is 1.96. The molecule has 2 rings (SSSR count). The molecule has 2 heterocycles. The highest BCUT2D eigenvalue weighted by Crippen LogP contribution is 2.09. The fourth-order valence-corrected chi connectivity index (χ4v) is 1.92. The van der Waals surface area contributed by atoms with Gasteiger partial charge in [-0.2, -0.15) is 4.68 Å². The van der Waals surface area contributed by atoms with Gasteiger partial charge in [-0.1, -0.05) is 0 Å². The first kappa shape index (κ1) is 14.9. The summed E-state index contributed by atoms with van der Waals surface area (Å²) in [6.07, 6.45) is 0.550. The van der Waals surface area contributed by atoms with Gasteiger partial charge in [0.05, 0.1) is 37.6 Å². The number of hydrogen-bond donors (Lipinski definition) is 0. The van der Waals surface area contributed by atoms with Crippen molar-refractivity contribution in [3.8, 4) is 0 Å². The van der Waals surface area contributed by atoms with Crippen molar-refractivity contribution in [2.45, 2.75) is 12.6 Å². The quantitative estimate of drug-likeness (QED) is 0.405. The minimum atomic E-state index is -0.806. The molecule has 0 spiro atoms. The highest BCUT2D eigenvalue weighted by Gasteiger charge is 2.30. The number of methoxy groups -OCH3 is 1. The van der Waals surface area contributed by atoms with Crippen LogP contribution in [0.4, 0.5) is 5.82 Å². The van der Waals surface area contributed by atoms with Crippen LogP contribution in [0.25, 0.3) is 0 Å². The third-order valence-electron chi connectivity index (χ3n) is 2.99. The first-order valence-corrected chi connectivity index (χ1v) is 6.16. The van der Waals surface area contributed by atoms with Gasteiger partial charge in [-0.05, 0) is 4.92 Å². The standard InChI is InChI=1S/C11H14N4O6/c1-20-11(17)8-6-13(4-5-21-8)10(16)7-14-3-2-9(12-14)15(18)19/h2-3,8H,4-7H2,1H3. The predicted molar refractivity (Wildman–Crippen MR) is 67.2 cm³/mol. The molecule has 0 aliphatic carbocycles. The second-order valence-corrected chi connectivity index (χ2v) is 4.35. The summed E-state index contributed by atoms with van der Waals surface area (Å²) >= 11 is 0. The number of nitro groups is 1. The lowest BCUT2D eigenvalue weighted by molar-refractivity contribution is -0.389. The molecule has 0 saturated carbocycles. The second-order valence-electron chi connectivity index (χ2n) is 4.35. The summed E-state index contributed by atoms with van der Waals surface area (Å²) in [5.41, 5.74) is 0. The third-order valence-corrected chi connectivity index (χ3v) is 2.99. The van der Waals surface area contributed by atoms with E-state index >= 15 is 0 Å². The number of ether oxygens (including phenoxy) is 2. The van der Waals surface area contributed by atoms with Crippen molar-refractivity contribution in [3.63, 3.8) is 0 Å². The molecule has 1 aliphatic rings. The van der Waals surface area contributed by atoms with Crippen LogP contribution in [0, 0.1) is 10.1 Å². The van der Waals surface area contributed by atoms with E-state index < -0.39 is 17.0 Å². The molecule has 1 fully saturated rings. The summed E-state index contributed by atoms with van der Waals surface area (Å²) < 4.78 is 11.0. The number of rotatable bonds is 4. The summed E-state index contributed by atoms with van der Waals surface area (Å²) in [5, 5.41) is 14.2. The third kappa shape index (κ3) is 3.54. The predicted octanol–water partition coefficient (Wildman–Crippen LogP) is -0.808. The van der Waals surface area contributed by atoms with Gasteiger partial charge in [0.15, 0.2) is 6.10 Å². The molecule has 21 heavy (non-hydrogen) atoms. The topological polar surface area (TPSA) is 117 Å². The molecule has 1 unspecified atom stereocenters. The lowest BCUT2D eigenvalue weighted by Crippen LogP contribution is -2.49. The molecule has 1 aliphatic heterocycles. The Bertz CT molecular complexity index is 557. The van der Waals surface area contributed by atoms with Crippen molar-refractivity contribution in [2.24, 2.45) is 0 Å². The second kappa shape index (κ2) is 6.31. The first-order chi connectivity index (χ1) is 10.0. The van der Waals surface area contributed by atoms with Crippen molar-refractivity contribution in [1.82, 2.24) is 14.7 Å². The SMILES string of the molecule is COC(=O)C1CN(C(=O)Cn2ccc([N+](=O)[O-])n2)CCO1. The van der Waals surface area contributed by atoms with E-state index in [0.717, 1.165) is 0 Å². The molecular weight excluding hydrogens is 284 g/mol. The normalized spacial score (nSPS) is 18.3. The van der Waals surface area contributed by atoms with Gasteiger partial charge in [0.25, 0.3) is 0 Å². The molecule has 1 atom stereocenters. The average Bonchev–Trinajstić information content (AvgIpc) is 2.95. The number of morpholine rings is 1. The van der Waals surface area contributed by atoms with Gasteiger partial charge < -0.3 is 24.5 Å². The van der Waals surface area contributed by atoms with Crippen LogP contribution in [0.15, 0.2) is 12.3 Å². The maximum Gasteiger partial charge on any atom is 0.389 e. The van der Waals surface area contributed by atoms with Crippen LogP contribution in [0.1, 0.15) is 0 Å². The molecule has 0 bridgehead atoms. The molecule has 1 aromatic heterocycles. The lowest BCUT2D eigenvalue weighted by atomic mass is 10.2. The zero-order valence-electron chi connectivity index (χ0n) is 11.3. The number of carbonyl (C=O) groups is 2. The number of aromatic nitrogens is 2. The summed E-state index contributed by atoms with van der Waals surface area (Å²) in [7, 11) is 1.25. The van der Waals surface area contributed by atoms with Crippen LogP contribution < -0.4 is 0 Å². The molecule has 1 aromatic rings. The van der Waals surface area contributed by atoms with Gasteiger partial charge in [-0.3, -0.25) is 4.79 Å². The van der Waals surface area contributed by atoms with Gasteiger partial charge in [0, 0.05) is 6.54 Å². The van der Waals surface area contributed by atoms with Crippen LogP contribution in [0.3, 0.4) is 0 Å². The van der Waals surface area contributed by atoms with Crippen LogP contribution >= 0.6 is 0 Å². The lowest BCUT2D eigenvalue weighted by Gasteiger charge is -2.31. The summed E-state index contributed by atoms with van der Waals surface area (Å²) in [6, 6.07) is 1.21. The fraction of sp³-hybridized carbons (Fsp3) is 0.545. The van der Waals surface area contributed by atoms with Crippen molar-refractivity contribution < 1.29 is 24.0 Å². The van der Waals surface area contributed by atoms with Gasteiger partial charge in [-0.15, -0.1) is 0 Å². The van der Waals surface area contributed by atoms with E-state index in [4.69, 9.17) is 4.74 Å². The highest BCUT2D eigenvalue weighted by molar-refractivity contribution is 5.79. The van der Waals surface area contributed by atoms with E-state index in [-0.39, 0.29) is 31.4 Å². The Morgan fingerprint density at radius 3 is 3.00 bits per heavy atom. The van der Waals surface area contributed by atoms with Crippen molar-refractivity contribution in [2.75, 3.05) is 26.8 Å². The van der Waals surface area contributed by atoms with Gasteiger partial charge in [-0.25, -0.2) is 4.79 Å². The summed E-state index contributed by atoms with van der Waals surface area (Å²) in [6.45, 7) is 0.525. The number of esters is 1. The van der Waals surface area contributed by atoms with E-state index in [0.29, 0.717) is 6.54 Å². The largest absolute Gasteiger partial charge is 0.467 e. The Kier molecular flexibility index (Phi) is 4.48. The minimum Gasteiger partial charge on any atom is -0.467 e. The van der Waals surface area contributed by atoms with Crippen LogP contribution in [0.2, 0.25) is 0 Å². The number of amides is 1. The van der Waals surface area contributed by atoms with E-state index in [9.17, 15) is 19.7 Å². The molecular formula is C11H14N4O6. The molecule has 1 saturated heterocycles. The number of nitrogens with zero attached hydrogens (tertiary/aromatic N) is 4. The Hall–Kier alpha value is -2.49. The Labute approximate surface area is 119 Å². The Morgan fingerprint density at radius 1 is 1.62 bits per heavy atom. The maximum atomic E-state index is 12.1. The number of carbonyl (C=O) groups excluding carboxylic acids is 2. The van der Waals surface area contributed by atoms with Gasteiger partial charge in [0.1, 0.15) is 6.54 Å². The van der Waals surface area contributed by atoms with Gasteiger partial charge >= 0.3 is 11.8 Å². The molecule has 10 nitrogen and oxygen atoms in total. The van der Waals surface area contributed by atoms with Crippen LogP contribution in [-0.2, 0) is 25.6 Å². The van der Waals surface area contributed by atoms with Crippen LogP contribution in [0.5, 0.6) is 0 Å². The summed E-state index contributed by atoms with van der Waals surface area (Å²) in [5.74, 6) is -1.16. The average molecular weight is 298 g/mol. The molecule has 1 amide bonds. The van der Waals surface area contributed by atoms with E-state index in [1.165, 1.54) is 29.0 Å². The van der Waals surface area contributed by atoms with E-state index in [1.807, 2.05) is 0 Å². The smallest absolute Gasteiger partial charge is 0.389 e. The zero-order valence-corrected chi connectivity index (χ0v) is 11.3. The zero-order chi connectivity index (χ0) is 15.4.